The zero-order valence-corrected chi connectivity index (χ0v) is 6.89. The summed E-state index contributed by atoms with van der Waals surface area (Å²) in [6.07, 6.45) is 0. The first kappa shape index (κ1) is 9.91. The van der Waals surface area contributed by atoms with E-state index in [1.54, 1.807) is 12.1 Å². The van der Waals surface area contributed by atoms with E-state index in [0.717, 1.165) is 0 Å². The molecule has 3 N–H and O–H groups in total. The number of nitrogens with two attached hydrogens (primary N) is 1. The molecule has 4 heteroatoms. The van der Waals surface area contributed by atoms with Crippen LogP contribution in [0.5, 0.6) is 11.5 Å². The fourth-order valence-corrected chi connectivity index (χ4v) is 0.710. The number of hydrogen-bond acceptors (Lipinski definition) is 3. The van der Waals surface area contributed by atoms with Gasteiger partial charge in [0.2, 0.25) is 0 Å². The molecule has 0 aromatic heterocycles. The van der Waals surface area contributed by atoms with Gasteiger partial charge in [-0.15, -0.1) is 12.4 Å². The molecule has 0 atom stereocenters. The van der Waals surface area contributed by atoms with Gasteiger partial charge >= 0.3 is 0 Å². The highest BCUT2D eigenvalue weighted by atomic mass is 35.5. The maximum atomic E-state index is 9.03. The maximum absolute atomic E-state index is 9.03. The van der Waals surface area contributed by atoms with Crippen molar-refractivity contribution in [3.8, 4) is 11.5 Å². The van der Waals surface area contributed by atoms with Gasteiger partial charge in [0.25, 0.3) is 0 Å². The quantitative estimate of drug-likeness (QED) is 0.501. The number of phenolic OH excluding ortho intramolecular Hbond substituents is 1. The van der Waals surface area contributed by atoms with Crippen LogP contribution in [-0.4, -0.2) is 12.2 Å². The highest BCUT2D eigenvalue weighted by Crippen LogP contribution is 2.29. The second kappa shape index (κ2) is 3.93. The van der Waals surface area contributed by atoms with E-state index in [0.29, 0.717) is 5.75 Å². The summed E-state index contributed by atoms with van der Waals surface area (Å²) >= 11 is 0. The van der Waals surface area contributed by atoms with Crippen molar-refractivity contribution in [2.75, 3.05) is 12.8 Å². The lowest BCUT2D eigenvalue weighted by molar-refractivity contribution is 0.411. The maximum Gasteiger partial charge on any atom is 0.145 e. The third-order valence-electron chi connectivity index (χ3n) is 1.26. The van der Waals surface area contributed by atoms with Crippen LogP contribution >= 0.6 is 12.4 Å². The van der Waals surface area contributed by atoms with Crippen LogP contribution in [0.1, 0.15) is 0 Å². The smallest absolute Gasteiger partial charge is 0.145 e. The predicted molar refractivity (Wildman–Crippen MR) is 46.3 cm³/mol. The van der Waals surface area contributed by atoms with Crippen molar-refractivity contribution in [1.29, 1.82) is 0 Å². The van der Waals surface area contributed by atoms with Crippen LogP contribution < -0.4 is 10.5 Å². The normalized spacial score (nSPS) is 8.45. The zero-order chi connectivity index (χ0) is 7.56. The van der Waals surface area contributed by atoms with Crippen molar-refractivity contribution in [2.24, 2.45) is 0 Å². The van der Waals surface area contributed by atoms with E-state index in [1.165, 1.54) is 13.2 Å². The Labute approximate surface area is 71.2 Å². The molecule has 0 unspecified atom stereocenters. The van der Waals surface area contributed by atoms with Gasteiger partial charge in [0.1, 0.15) is 17.2 Å². The molecule has 0 bridgehead atoms. The third-order valence-corrected chi connectivity index (χ3v) is 1.26. The SMILES string of the molecule is COc1cccc(O)c1N.Cl. The molecular weight excluding hydrogens is 166 g/mol. The molecule has 1 aromatic rings. The number of ether oxygens (including phenoxy) is 1. The molecule has 62 valence electrons. The predicted octanol–water partition coefficient (Wildman–Crippen LogP) is 1.40. The number of para-hydroxylation sites is 1. The van der Waals surface area contributed by atoms with E-state index in [4.69, 9.17) is 15.6 Å². The fraction of sp³-hybridized carbons (Fsp3) is 0.143. The number of hydrogen-bond donors (Lipinski definition) is 2. The van der Waals surface area contributed by atoms with Gasteiger partial charge in [-0.2, -0.15) is 0 Å². The number of anilines is 1. The van der Waals surface area contributed by atoms with Gasteiger partial charge in [-0.05, 0) is 12.1 Å². The topological polar surface area (TPSA) is 55.5 Å². The van der Waals surface area contributed by atoms with Crippen molar-refractivity contribution in [3.05, 3.63) is 18.2 Å². The van der Waals surface area contributed by atoms with Crippen LogP contribution in [-0.2, 0) is 0 Å². The van der Waals surface area contributed by atoms with Gasteiger partial charge in [-0.1, -0.05) is 6.07 Å². The molecule has 0 fully saturated rings. The Balaban J connectivity index is 0.000001000. The number of phenols is 1. The molecule has 0 aliphatic carbocycles. The van der Waals surface area contributed by atoms with E-state index >= 15 is 0 Å². The van der Waals surface area contributed by atoms with Crippen molar-refractivity contribution in [3.63, 3.8) is 0 Å². The average Bonchev–Trinajstić information content (AvgIpc) is 1.95. The number of rotatable bonds is 1. The molecule has 0 aliphatic rings. The summed E-state index contributed by atoms with van der Waals surface area (Å²) in [5.41, 5.74) is 5.70. The highest BCUT2D eigenvalue weighted by molar-refractivity contribution is 5.85. The average molecular weight is 176 g/mol. The Morgan fingerprint density at radius 3 is 2.55 bits per heavy atom. The van der Waals surface area contributed by atoms with Gasteiger partial charge < -0.3 is 15.6 Å². The minimum absolute atomic E-state index is 0. The summed E-state index contributed by atoms with van der Waals surface area (Å²) in [5.74, 6) is 0.555. The van der Waals surface area contributed by atoms with E-state index in [-0.39, 0.29) is 23.8 Å². The number of methoxy groups -OCH3 is 1. The van der Waals surface area contributed by atoms with Crippen molar-refractivity contribution in [2.45, 2.75) is 0 Å². The second-order valence-corrected chi connectivity index (χ2v) is 1.89. The standard InChI is InChI=1S/C7H9NO2.ClH/c1-10-6-4-2-3-5(9)7(6)8;/h2-4,9H,8H2,1H3;1H. The molecule has 0 amide bonds. The van der Waals surface area contributed by atoms with E-state index in [1.807, 2.05) is 0 Å². The Morgan fingerprint density at radius 1 is 1.45 bits per heavy atom. The molecular formula is C7H10ClNO2. The van der Waals surface area contributed by atoms with Gasteiger partial charge in [0.15, 0.2) is 0 Å². The first-order valence-electron chi connectivity index (χ1n) is 2.87. The highest BCUT2D eigenvalue weighted by Gasteiger charge is 2.00. The molecule has 0 saturated carbocycles. The molecule has 0 heterocycles. The number of nitrogen functional groups attached to an aromatic ring is 1. The summed E-state index contributed by atoms with van der Waals surface area (Å²) < 4.78 is 4.84. The minimum Gasteiger partial charge on any atom is -0.506 e. The van der Waals surface area contributed by atoms with Gasteiger partial charge in [-0.3, -0.25) is 0 Å². The van der Waals surface area contributed by atoms with E-state index in [9.17, 15) is 0 Å². The lowest BCUT2D eigenvalue weighted by Gasteiger charge is -2.03. The van der Waals surface area contributed by atoms with Crippen LogP contribution in [0.4, 0.5) is 5.69 Å². The Morgan fingerprint density at radius 2 is 2.09 bits per heavy atom. The van der Waals surface area contributed by atoms with Crippen molar-refractivity contribution < 1.29 is 9.84 Å². The lowest BCUT2D eigenvalue weighted by atomic mass is 10.3. The van der Waals surface area contributed by atoms with Crippen LogP contribution in [0, 0.1) is 0 Å². The summed E-state index contributed by atoms with van der Waals surface area (Å²) in [6.45, 7) is 0. The lowest BCUT2D eigenvalue weighted by Crippen LogP contribution is -1.91. The number of aromatic hydroxyl groups is 1. The minimum atomic E-state index is 0. The first-order chi connectivity index (χ1) is 4.75. The van der Waals surface area contributed by atoms with Gasteiger partial charge in [0, 0.05) is 0 Å². The van der Waals surface area contributed by atoms with Gasteiger partial charge in [0.05, 0.1) is 7.11 Å². The van der Waals surface area contributed by atoms with Crippen LogP contribution in [0.15, 0.2) is 18.2 Å². The van der Waals surface area contributed by atoms with Gasteiger partial charge in [-0.25, -0.2) is 0 Å². The molecule has 11 heavy (non-hydrogen) atoms. The fourth-order valence-electron chi connectivity index (χ4n) is 0.710. The first-order valence-corrected chi connectivity index (χ1v) is 2.87. The summed E-state index contributed by atoms with van der Waals surface area (Å²) in [4.78, 5) is 0. The van der Waals surface area contributed by atoms with E-state index in [2.05, 4.69) is 0 Å². The van der Waals surface area contributed by atoms with E-state index < -0.39 is 0 Å². The summed E-state index contributed by atoms with van der Waals surface area (Å²) in [7, 11) is 1.51. The van der Waals surface area contributed by atoms with Crippen molar-refractivity contribution >= 4 is 18.1 Å². The zero-order valence-electron chi connectivity index (χ0n) is 6.07. The molecule has 0 radical (unpaired) electrons. The monoisotopic (exact) mass is 175 g/mol. The van der Waals surface area contributed by atoms with Crippen LogP contribution in [0.2, 0.25) is 0 Å². The molecule has 1 rings (SSSR count). The molecule has 0 spiro atoms. The van der Waals surface area contributed by atoms with Crippen molar-refractivity contribution in [1.82, 2.24) is 0 Å². The third kappa shape index (κ3) is 1.91. The molecule has 0 aliphatic heterocycles. The van der Waals surface area contributed by atoms with Crippen LogP contribution in [0.25, 0.3) is 0 Å². The Kier molecular flexibility index (Phi) is 3.54. The molecule has 0 saturated heterocycles. The largest absolute Gasteiger partial charge is 0.506 e. The molecule has 3 nitrogen and oxygen atoms in total. The molecule has 1 aromatic carbocycles. The summed E-state index contributed by atoms with van der Waals surface area (Å²) in [6, 6.07) is 4.87. The summed E-state index contributed by atoms with van der Waals surface area (Å²) in [5, 5.41) is 9.03. The number of benzene rings is 1. The number of halogens is 1. The second-order valence-electron chi connectivity index (χ2n) is 1.89. The Hall–Kier alpha value is -1.09. The van der Waals surface area contributed by atoms with Crippen LogP contribution in [0.3, 0.4) is 0 Å². The Bertz CT molecular complexity index is 240.